The predicted octanol–water partition coefficient (Wildman–Crippen LogP) is 3.40. The Bertz CT molecular complexity index is 125. The molecule has 0 atom stereocenters. The third kappa shape index (κ3) is 4.45. The van der Waals surface area contributed by atoms with Crippen LogP contribution in [-0.2, 0) is 0 Å². The van der Waals surface area contributed by atoms with Crippen LogP contribution in [0.3, 0.4) is 0 Å². The fourth-order valence-corrected chi connectivity index (χ4v) is 2.59. The summed E-state index contributed by atoms with van der Waals surface area (Å²) in [7, 11) is 0. The van der Waals surface area contributed by atoms with Crippen molar-refractivity contribution < 1.29 is 0 Å². The van der Waals surface area contributed by atoms with E-state index in [0.717, 1.165) is 17.8 Å². The first kappa shape index (κ1) is 12.0. The van der Waals surface area contributed by atoms with E-state index in [4.69, 9.17) is 0 Å². The minimum absolute atomic E-state index is 0.830. The highest BCUT2D eigenvalue weighted by Crippen LogP contribution is 2.24. The summed E-state index contributed by atoms with van der Waals surface area (Å²) in [4.78, 5) is 2.64. The lowest BCUT2D eigenvalue weighted by atomic mass is 9.88. The molecule has 0 aromatic carbocycles. The molecule has 0 unspecified atom stereocenters. The summed E-state index contributed by atoms with van der Waals surface area (Å²) in [5.74, 6) is 2.73. The molecule has 0 aromatic heterocycles. The van der Waals surface area contributed by atoms with E-state index in [1.807, 2.05) is 0 Å². The van der Waals surface area contributed by atoms with Crippen LogP contribution in [0.5, 0.6) is 0 Å². The van der Waals surface area contributed by atoms with Gasteiger partial charge in [0.1, 0.15) is 0 Å². The quantitative estimate of drug-likeness (QED) is 0.667. The molecule has 1 heteroatoms. The lowest BCUT2D eigenvalue weighted by Gasteiger charge is -2.33. The molecule has 14 heavy (non-hydrogen) atoms. The van der Waals surface area contributed by atoms with E-state index < -0.39 is 0 Å². The first-order valence-electron chi connectivity index (χ1n) is 6.30. The predicted molar refractivity (Wildman–Crippen MR) is 63.5 cm³/mol. The van der Waals surface area contributed by atoms with Crippen LogP contribution >= 0.6 is 0 Å². The molecule has 84 valence electrons. The number of piperidine rings is 1. The molecular weight excluding hydrogens is 170 g/mol. The maximum atomic E-state index is 2.64. The van der Waals surface area contributed by atoms with Gasteiger partial charge < -0.3 is 4.90 Å². The van der Waals surface area contributed by atoms with Crippen LogP contribution in [0.25, 0.3) is 0 Å². The SMILES string of the molecule is CC(C)CC1CCN(CC(C)C)CC1. The second-order valence-corrected chi connectivity index (χ2v) is 5.77. The third-order valence-corrected chi connectivity index (χ3v) is 3.14. The third-order valence-electron chi connectivity index (χ3n) is 3.14. The highest BCUT2D eigenvalue weighted by Gasteiger charge is 2.19. The van der Waals surface area contributed by atoms with Crippen LogP contribution in [0.4, 0.5) is 0 Å². The van der Waals surface area contributed by atoms with E-state index in [9.17, 15) is 0 Å². The average Bonchev–Trinajstić information content (AvgIpc) is 2.06. The zero-order valence-electron chi connectivity index (χ0n) is 10.4. The van der Waals surface area contributed by atoms with E-state index in [0.29, 0.717) is 0 Å². The van der Waals surface area contributed by atoms with E-state index in [1.54, 1.807) is 0 Å². The molecule has 0 bridgehead atoms. The topological polar surface area (TPSA) is 3.24 Å². The minimum Gasteiger partial charge on any atom is -0.303 e. The van der Waals surface area contributed by atoms with Crippen molar-refractivity contribution in [1.29, 1.82) is 0 Å². The molecule has 1 heterocycles. The van der Waals surface area contributed by atoms with Gasteiger partial charge in [0.25, 0.3) is 0 Å². The maximum Gasteiger partial charge on any atom is 0.000439 e. The van der Waals surface area contributed by atoms with Crippen LogP contribution in [0.2, 0.25) is 0 Å². The fourth-order valence-electron chi connectivity index (χ4n) is 2.59. The molecule has 1 saturated heterocycles. The lowest BCUT2D eigenvalue weighted by Crippen LogP contribution is -2.36. The number of hydrogen-bond acceptors (Lipinski definition) is 1. The van der Waals surface area contributed by atoms with Crippen molar-refractivity contribution in [3.63, 3.8) is 0 Å². The second-order valence-electron chi connectivity index (χ2n) is 5.77. The highest BCUT2D eigenvalue weighted by atomic mass is 15.1. The average molecular weight is 197 g/mol. The van der Waals surface area contributed by atoms with Crippen LogP contribution in [0, 0.1) is 17.8 Å². The normalized spacial score (nSPS) is 21.0. The van der Waals surface area contributed by atoms with Gasteiger partial charge in [-0.25, -0.2) is 0 Å². The van der Waals surface area contributed by atoms with Crippen molar-refractivity contribution in [2.24, 2.45) is 17.8 Å². The smallest absolute Gasteiger partial charge is 0.000439 e. The fraction of sp³-hybridized carbons (Fsp3) is 1.00. The Morgan fingerprint density at radius 2 is 1.57 bits per heavy atom. The van der Waals surface area contributed by atoms with Crippen molar-refractivity contribution in [2.45, 2.75) is 47.0 Å². The summed E-state index contributed by atoms with van der Waals surface area (Å²) in [5, 5.41) is 0. The standard InChI is InChI=1S/C13H27N/c1-11(2)9-13-5-7-14(8-6-13)10-12(3)4/h11-13H,5-10H2,1-4H3. The first-order chi connectivity index (χ1) is 6.58. The number of hydrogen-bond donors (Lipinski definition) is 0. The Morgan fingerprint density at radius 3 is 2.00 bits per heavy atom. The van der Waals surface area contributed by atoms with Crippen molar-refractivity contribution >= 4 is 0 Å². The molecule has 0 radical (unpaired) electrons. The Hall–Kier alpha value is -0.0400. The molecular formula is C13H27N. The minimum atomic E-state index is 0.830. The molecule has 0 spiro atoms. The van der Waals surface area contributed by atoms with Crippen LogP contribution in [0.1, 0.15) is 47.0 Å². The zero-order chi connectivity index (χ0) is 10.6. The van der Waals surface area contributed by atoms with E-state index in [2.05, 4.69) is 32.6 Å². The maximum absolute atomic E-state index is 2.64. The Labute approximate surface area is 89.9 Å². The van der Waals surface area contributed by atoms with Crippen molar-refractivity contribution in [3.8, 4) is 0 Å². The van der Waals surface area contributed by atoms with Gasteiger partial charge in [0.15, 0.2) is 0 Å². The monoisotopic (exact) mass is 197 g/mol. The van der Waals surface area contributed by atoms with Gasteiger partial charge in [-0.1, -0.05) is 27.7 Å². The van der Waals surface area contributed by atoms with Gasteiger partial charge >= 0.3 is 0 Å². The van der Waals surface area contributed by atoms with Gasteiger partial charge in [-0.15, -0.1) is 0 Å². The van der Waals surface area contributed by atoms with Gasteiger partial charge in [-0.3, -0.25) is 0 Å². The molecule has 1 nitrogen and oxygen atoms in total. The van der Waals surface area contributed by atoms with Crippen molar-refractivity contribution in [1.82, 2.24) is 4.90 Å². The lowest BCUT2D eigenvalue weighted by molar-refractivity contribution is 0.156. The summed E-state index contributed by atoms with van der Waals surface area (Å²) in [5.41, 5.74) is 0. The van der Waals surface area contributed by atoms with Gasteiger partial charge in [-0.2, -0.15) is 0 Å². The van der Waals surface area contributed by atoms with E-state index in [-0.39, 0.29) is 0 Å². The van der Waals surface area contributed by atoms with Crippen LogP contribution in [-0.4, -0.2) is 24.5 Å². The highest BCUT2D eigenvalue weighted by molar-refractivity contribution is 4.73. The van der Waals surface area contributed by atoms with Crippen molar-refractivity contribution in [3.05, 3.63) is 0 Å². The Morgan fingerprint density at radius 1 is 1.00 bits per heavy atom. The van der Waals surface area contributed by atoms with Crippen LogP contribution < -0.4 is 0 Å². The molecule has 0 saturated carbocycles. The van der Waals surface area contributed by atoms with Gasteiger partial charge in [-0.05, 0) is 50.1 Å². The molecule has 1 aliphatic heterocycles. The largest absolute Gasteiger partial charge is 0.303 e. The van der Waals surface area contributed by atoms with Gasteiger partial charge in [0.05, 0.1) is 0 Å². The van der Waals surface area contributed by atoms with E-state index in [1.165, 1.54) is 38.9 Å². The second kappa shape index (κ2) is 5.75. The molecule has 0 aromatic rings. The van der Waals surface area contributed by atoms with Gasteiger partial charge in [0.2, 0.25) is 0 Å². The number of likely N-dealkylation sites (tertiary alicyclic amines) is 1. The first-order valence-corrected chi connectivity index (χ1v) is 6.30. The number of nitrogens with zero attached hydrogens (tertiary/aromatic N) is 1. The summed E-state index contributed by atoms with van der Waals surface area (Å²) in [6, 6.07) is 0. The molecule has 1 fully saturated rings. The molecule has 0 aliphatic carbocycles. The van der Waals surface area contributed by atoms with Crippen LogP contribution in [0.15, 0.2) is 0 Å². The Balaban J connectivity index is 2.17. The summed E-state index contributed by atoms with van der Waals surface area (Å²) in [6.07, 6.45) is 4.31. The Kier molecular flexibility index (Phi) is 4.94. The number of rotatable bonds is 4. The molecule has 0 N–H and O–H groups in total. The van der Waals surface area contributed by atoms with Gasteiger partial charge in [0, 0.05) is 6.54 Å². The summed E-state index contributed by atoms with van der Waals surface area (Å²) < 4.78 is 0. The zero-order valence-corrected chi connectivity index (χ0v) is 10.4. The molecule has 1 aliphatic rings. The summed E-state index contributed by atoms with van der Waals surface area (Å²) >= 11 is 0. The summed E-state index contributed by atoms with van der Waals surface area (Å²) in [6.45, 7) is 13.3. The van der Waals surface area contributed by atoms with Crippen molar-refractivity contribution in [2.75, 3.05) is 19.6 Å². The molecule has 1 rings (SSSR count). The molecule has 0 amide bonds. The van der Waals surface area contributed by atoms with E-state index >= 15 is 0 Å².